The molecule has 0 bridgehead atoms. The molecule has 0 saturated heterocycles. The number of alkyl carbamates (subject to hydrolysis) is 1. The normalized spacial score (nSPS) is 12.0. The lowest BCUT2D eigenvalue weighted by Gasteiger charge is -2.33. The van der Waals surface area contributed by atoms with Gasteiger partial charge in [-0.2, -0.15) is 0 Å². The first kappa shape index (κ1) is 31.9. The number of amides is 3. The number of ether oxygens (including phenoxy) is 1. The molecule has 0 radical (unpaired) electrons. The van der Waals surface area contributed by atoms with E-state index >= 15 is 0 Å². The van der Waals surface area contributed by atoms with Crippen LogP contribution >= 0.6 is 0 Å². The number of aryl methyl sites for hydroxylation is 3. The topological polar surface area (TPSA) is 87.7 Å². The Bertz CT molecular complexity index is 1110. The first-order chi connectivity index (χ1) is 18.4. The lowest BCUT2D eigenvalue weighted by atomic mass is 9.96. The molecule has 0 heterocycles. The van der Waals surface area contributed by atoms with E-state index in [1.807, 2.05) is 63.2 Å². The second-order valence-electron chi connectivity index (χ2n) is 11.3. The minimum absolute atomic E-state index is 0.260. The zero-order chi connectivity index (χ0) is 29.0. The second-order valence-corrected chi connectivity index (χ2v) is 11.3. The molecule has 0 aliphatic rings. The van der Waals surface area contributed by atoms with E-state index in [0.29, 0.717) is 12.2 Å². The number of nitrogens with one attached hydrogen (secondary N) is 2. The zero-order valence-corrected chi connectivity index (χ0v) is 24.9. The van der Waals surface area contributed by atoms with Gasteiger partial charge in [-0.05, 0) is 70.7 Å². The van der Waals surface area contributed by atoms with Crippen molar-refractivity contribution in [1.82, 2.24) is 10.2 Å². The molecule has 2 rings (SSSR count). The summed E-state index contributed by atoms with van der Waals surface area (Å²) in [6.07, 6.45) is 5.64. The van der Waals surface area contributed by atoms with Gasteiger partial charge in [-0.25, -0.2) is 4.79 Å². The smallest absolute Gasteiger partial charge is 0.408 e. The van der Waals surface area contributed by atoms with Gasteiger partial charge in [-0.15, -0.1) is 0 Å². The summed E-state index contributed by atoms with van der Waals surface area (Å²) in [7, 11) is 0. The maximum atomic E-state index is 14.0. The highest BCUT2D eigenvalue weighted by atomic mass is 16.6. The summed E-state index contributed by atoms with van der Waals surface area (Å²) in [5.74, 6) is -0.616. The highest BCUT2D eigenvalue weighted by molar-refractivity contribution is 5.99. The van der Waals surface area contributed by atoms with Crippen LogP contribution in [0.1, 0.15) is 94.5 Å². The molecule has 0 aliphatic heterocycles. The molecule has 2 N–H and O–H groups in total. The van der Waals surface area contributed by atoms with Gasteiger partial charge < -0.3 is 20.3 Å². The quantitative estimate of drug-likeness (QED) is 0.269. The maximum absolute atomic E-state index is 14.0. The molecule has 0 aromatic heterocycles. The molecule has 214 valence electrons. The Hall–Kier alpha value is -3.35. The van der Waals surface area contributed by atoms with Gasteiger partial charge in [0.1, 0.15) is 18.2 Å². The lowest BCUT2D eigenvalue weighted by Crippen LogP contribution is -2.47. The minimum Gasteiger partial charge on any atom is -0.444 e. The van der Waals surface area contributed by atoms with Crippen LogP contribution in [0.15, 0.2) is 42.5 Å². The zero-order valence-electron chi connectivity index (χ0n) is 24.9. The van der Waals surface area contributed by atoms with E-state index in [1.165, 1.54) is 6.42 Å². The fraction of sp³-hybridized carbons (Fsp3) is 0.531. The van der Waals surface area contributed by atoms with Crippen LogP contribution in [0.2, 0.25) is 0 Å². The van der Waals surface area contributed by atoms with Crippen LogP contribution < -0.4 is 10.6 Å². The number of hydrogen-bond acceptors (Lipinski definition) is 4. The molecule has 39 heavy (non-hydrogen) atoms. The van der Waals surface area contributed by atoms with Crippen molar-refractivity contribution >= 4 is 23.6 Å². The van der Waals surface area contributed by atoms with Gasteiger partial charge in [0, 0.05) is 12.2 Å². The molecule has 1 unspecified atom stereocenters. The second kappa shape index (κ2) is 15.3. The van der Waals surface area contributed by atoms with Crippen molar-refractivity contribution in [2.45, 2.75) is 98.6 Å². The molecule has 0 spiro atoms. The van der Waals surface area contributed by atoms with Crippen molar-refractivity contribution in [2.75, 3.05) is 18.4 Å². The van der Waals surface area contributed by atoms with Crippen molar-refractivity contribution in [3.63, 3.8) is 0 Å². The van der Waals surface area contributed by atoms with E-state index in [-0.39, 0.29) is 18.4 Å². The number of nitrogens with zero attached hydrogens (tertiary/aromatic N) is 1. The van der Waals surface area contributed by atoms with Crippen LogP contribution in [0.4, 0.5) is 10.5 Å². The van der Waals surface area contributed by atoms with E-state index in [2.05, 4.69) is 17.6 Å². The molecule has 0 aliphatic carbocycles. The van der Waals surface area contributed by atoms with Crippen molar-refractivity contribution in [3.8, 4) is 0 Å². The van der Waals surface area contributed by atoms with E-state index in [9.17, 15) is 14.4 Å². The number of carbonyl (C=O) groups excluding carboxylic acids is 3. The number of hydrogen-bond donors (Lipinski definition) is 2. The molecule has 2 aromatic rings. The van der Waals surface area contributed by atoms with E-state index in [1.54, 1.807) is 25.7 Å². The van der Waals surface area contributed by atoms with Gasteiger partial charge in [-0.3, -0.25) is 9.59 Å². The standard InChI is InChI=1S/C32H47N3O4/c1-8-9-10-11-12-15-20-35(28(36)22-33-31(38)39-32(5,6)7)29(26-21-23(2)18-19-24(26)3)30(37)34-27-17-14-13-16-25(27)4/h13-14,16-19,21,29H,8-12,15,20,22H2,1-7H3,(H,33,38)(H,34,37). The number of anilines is 1. The fourth-order valence-electron chi connectivity index (χ4n) is 4.44. The Morgan fingerprint density at radius 2 is 1.56 bits per heavy atom. The number of carbonyl (C=O) groups is 3. The molecule has 2 aromatic carbocycles. The SMILES string of the molecule is CCCCCCCCN(C(=O)CNC(=O)OC(C)(C)C)C(C(=O)Nc1ccccc1C)c1cc(C)ccc1C. The van der Waals surface area contributed by atoms with Crippen LogP contribution in [0, 0.1) is 20.8 Å². The molecule has 0 saturated carbocycles. The predicted octanol–water partition coefficient (Wildman–Crippen LogP) is 7.01. The van der Waals surface area contributed by atoms with Crippen molar-refractivity contribution in [2.24, 2.45) is 0 Å². The van der Waals surface area contributed by atoms with Crippen molar-refractivity contribution in [3.05, 3.63) is 64.7 Å². The number of para-hydroxylation sites is 1. The maximum Gasteiger partial charge on any atom is 0.408 e. The van der Waals surface area contributed by atoms with Crippen molar-refractivity contribution in [1.29, 1.82) is 0 Å². The summed E-state index contributed by atoms with van der Waals surface area (Å²) in [5.41, 5.74) is 3.66. The molecule has 3 amide bonds. The molecular weight excluding hydrogens is 490 g/mol. The van der Waals surface area contributed by atoms with Crippen LogP contribution in [0.3, 0.4) is 0 Å². The summed E-state index contributed by atoms with van der Waals surface area (Å²) in [6.45, 7) is 13.5. The minimum atomic E-state index is -0.854. The third-order valence-corrected chi connectivity index (χ3v) is 6.55. The Morgan fingerprint density at radius 1 is 0.897 bits per heavy atom. The number of rotatable bonds is 13. The van der Waals surface area contributed by atoms with E-state index in [4.69, 9.17) is 4.74 Å². The van der Waals surface area contributed by atoms with Gasteiger partial charge >= 0.3 is 6.09 Å². The molecule has 7 heteroatoms. The summed E-state index contributed by atoms with van der Waals surface area (Å²) in [4.78, 5) is 41.6. The number of unbranched alkanes of at least 4 members (excludes halogenated alkanes) is 5. The third kappa shape index (κ3) is 10.7. The first-order valence-electron chi connectivity index (χ1n) is 14.1. The summed E-state index contributed by atoms with van der Waals surface area (Å²) in [5, 5.41) is 5.64. The largest absolute Gasteiger partial charge is 0.444 e. The van der Waals surface area contributed by atoms with Crippen LogP contribution in [-0.4, -0.2) is 41.5 Å². The fourth-order valence-corrected chi connectivity index (χ4v) is 4.44. The Kier molecular flexibility index (Phi) is 12.5. The van der Waals surface area contributed by atoms with Gasteiger partial charge in [0.15, 0.2) is 0 Å². The summed E-state index contributed by atoms with van der Waals surface area (Å²) >= 11 is 0. The third-order valence-electron chi connectivity index (χ3n) is 6.55. The summed E-state index contributed by atoms with van der Waals surface area (Å²) in [6, 6.07) is 12.7. The Balaban J connectivity index is 2.39. The molecule has 0 fully saturated rings. The Morgan fingerprint density at radius 3 is 2.23 bits per heavy atom. The average Bonchev–Trinajstić information content (AvgIpc) is 2.86. The summed E-state index contributed by atoms with van der Waals surface area (Å²) < 4.78 is 5.32. The molecule has 7 nitrogen and oxygen atoms in total. The highest BCUT2D eigenvalue weighted by Gasteiger charge is 2.33. The highest BCUT2D eigenvalue weighted by Crippen LogP contribution is 2.28. The van der Waals surface area contributed by atoms with Crippen LogP contribution in [-0.2, 0) is 14.3 Å². The number of benzene rings is 2. The first-order valence-corrected chi connectivity index (χ1v) is 14.1. The predicted molar refractivity (Wildman–Crippen MR) is 158 cm³/mol. The van der Waals surface area contributed by atoms with E-state index < -0.39 is 17.7 Å². The monoisotopic (exact) mass is 537 g/mol. The molecule has 1 atom stereocenters. The molecular formula is C32H47N3O4. The van der Waals surface area contributed by atoms with Gasteiger partial charge in [0.2, 0.25) is 5.91 Å². The van der Waals surface area contributed by atoms with Gasteiger partial charge in [0.25, 0.3) is 5.91 Å². The average molecular weight is 538 g/mol. The Labute approximate surface area is 234 Å². The van der Waals surface area contributed by atoms with E-state index in [0.717, 1.165) is 54.4 Å². The van der Waals surface area contributed by atoms with Gasteiger partial charge in [0.05, 0.1) is 0 Å². The van der Waals surface area contributed by atoms with Crippen LogP contribution in [0.25, 0.3) is 0 Å². The van der Waals surface area contributed by atoms with Gasteiger partial charge in [-0.1, -0.05) is 81.0 Å². The van der Waals surface area contributed by atoms with Crippen LogP contribution in [0.5, 0.6) is 0 Å². The lowest BCUT2D eigenvalue weighted by molar-refractivity contribution is -0.138. The van der Waals surface area contributed by atoms with Crippen molar-refractivity contribution < 1.29 is 19.1 Å².